The molecule has 0 saturated heterocycles. The van der Waals surface area contributed by atoms with Gasteiger partial charge in [-0.15, -0.1) is 0 Å². The first-order chi connectivity index (χ1) is 8.35. The Bertz CT molecular complexity index is 325. The molecule has 94 valence electrons. The lowest BCUT2D eigenvalue weighted by atomic mass is 9.81. The molecule has 1 aliphatic carbocycles. The topological polar surface area (TPSA) is 12.0 Å². The SMILES string of the molecule is CCNC1CCC(c2ccccc2)CC1SC. The van der Waals surface area contributed by atoms with Crippen molar-refractivity contribution in [3.8, 4) is 0 Å². The van der Waals surface area contributed by atoms with Crippen LogP contribution in [0, 0.1) is 0 Å². The van der Waals surface area contributed by atoms with Crippen LogP contribution >= 0.6 is 11.8 Å². The van der Waals surface area contributed by atoms with Gasteiger partial charge in [0, 0.05) is 11.3 Å². The largest absolute Gasteiger partial charge is 0.313 e. The lowest BCUT2D eigenvalue weighted by Crippen LogP contribution is -2.41. The third-order valence-corrected chi connectivity index (χ3v) is 4.96. The number of benzene rings is 1. The summed E-state index contributed by atoms with van der Waals surface area (Å²) in [7, 11) is 0. The average molecular weight is 249 g/mol. The molecule has 3 unspecified atom stereocenters. The Morgan fingerprint density at radius 3 is 2.65 bits per heavy atom. The Hall–Kier alpha value is -0.470. The molecule has 0 amide bonds. The van der Waals surface area contributed by atoms with E-state index in [4.69, 9.17) is 0 Å². The maximum absolute atomic E-state index is 3.64. The van der Waals surface area contributed by atoms with Crippen LogP contribution in [0.5, 0.6) is 0 Å². The Balaban J connectivity index is 2.01. The second-order valence-corrected chi connectivity index (χ2v) is 5.94. The maximum atomic E-state index is 3.64. The number of hydrogen-bond donors (Lipinski definition) is 1. The summed E-state index contributed by atoms with van der Waals surface area (Å²) in [6.07, 6.45) is 6.23. The van der Waals surface area contributed by atoms with Gasteiger partial charge in [0.05, 0.1) is 0 Å². The zero-order valence-corrected chi connectivity index (χ0v) is 11.7. The number of rotatable bonds is 4. The quantitative estimate of drug-likeness (QED) is 0.874. The van der Waals surface area contributed by atoms with E-state index >= 15 is 0 Å². The van der Waals surface area contributed by atoms with Gasteiger partial charge in [0.2, 0.25) is 0 Å². The molecule has 1 aromatic rings. The lowest BCUT2D eigenvalue weighted by Gasteiger charge is -2.36. The highest BCUT2D eigenvalue weighted by Gasteiger charge is 2.29. The van der Waals surface area contributed by atoms with E-state index in [1.807, 2.05) is 11.8 Å². The highest BCUT2D eigenvalue weighted by molar-refractivity contribution is 7.99. The molecule has 0 radical (unpaired) electrons. The molecular formula is C15H23NS. The zero-order valence-electron chi connectivity index (χ0n) is 10.9. The van der Waals surface area contributed by atoms with Gasteiger partial charge in [0.1, 0.15) is 0 Å². The van der Waals surface area contributed by atoms with Crippen LogP contribution in [0.1, 0.15) is 37.7 Å². The molecule has 1 N–H and O–H groups in total. The summed E-state index contributed by atoms with van der Waals surface area (Å²) in [6.45, 7) is 3.30. The van der Waals surface area contributed by atoms with Crippen molar-refractivity contribution in [2.24, 2.45) is 0 Å². The van der Waals surface area contributed by atoms with E-state index < -0.39 is 0 Å². The minimum atomic E-state index is 0.718. The van der Waals surface area contributed by atoms with Crippen molar-refractivity contribution in [3.05, 3.63) is 35.9 Å². The summed E-state index contributed by atoms with van der Waals surface area (Å²) in [5.41, 5.74) is 1.53. The molecule has 17 heavy (non-hydrogen) atoms. The lowest BCUT2D eigenvalue weighted by molar-refractivity contribution is 0.358. The van der Waals surface area contributed by atoms with Crippen molar-refractivity contribution in [3.63, 3.8) is 0 Å². The van der Waals surface area contributed by atoms with Gasteiger partial charge in [-0.05, 0) is 43.5 Å². The minimum Gasteiger partial charge on any atom is -0.313 e. The number of thioether (sulfide) groups is 1. The van der Waals surface area contributed by atoms with Crippen molar-refractivity contribution >= 4 is 11.8 Å². The van der Waals surface area contributed by atoms with Crippen LogP contribution in [0.3, 0.4) is 0 Å². The van der Waals surface area contributed by atoms with E-state index in [1.54, 1.807) is 0 Å². The van der Waals surface area contributed by atoms with Crippen LogP contribution in [0.15, 0.2) is 30.3 Å². The van der Waals surface area contributed by atoms with Gasteiger partial charge in [-0.3, -0.25) is 0 Å². The minimum absolute atomic E-state index is 0.718. The Labute approximate surface area is 109 Å². The predicted octanol–water partition coefficient (Wildman–Crippen LogP) is 3.66. The van der Waals surface area contributed by atoms with Crippen molar-refractivity contribution in [1.82, 2.24) is 5.32 Å². The Morgan fingerprint density at radius 1 is 1.24 bits per heavy atom. The second kappa shape index (κ2) is 6.46. The van der Waals surface area contributed by atoms with Crippen LogP contribution in [0.2, 0.25) is 0 Å². The highest BCUT2D eigenvalue weighted by Crippen LogP contribution is 2.37. The molecule has 2 heteroatoms. The van der Waals surface area contributed by atoms with Gasteiger partial charge in [0.15, 0.2) is 0 Å². The average Bonchev–Trinajstić information content (AvgIpc) is 2.40. The van der Waals surface area contributed by atoms with Crippen molar-refractivity contribution in [1.29, 1.82) is 0 Å². The summed E-state index contributed by atoms with van der Waals surface area (Å²) < 4.78 is 0. The van der Waals surface area contributed by atoms with Gasteiger partial charge >= 0.3 is 0 Å². The maximum Gasteiger partial charge on any atom is 0.0204 e. The fourth-order valence-electron chi connectivity index (χ4n) is 2.91. The molecule has 0 spiro atoms. The molecule has 1 saturated carbocycles. The third-order valence-electron chi connectivity index (χ3n) is 3.83. The van der Waals surface area contributed by atoms with E-state index in [-0.39, 0.29) is 0 Å². The molecule has 0 aromatic heterocycles. The first kappa shape index (κ1) is 13.0. The van der Waals surface area contributed by atoms with Crippen LogP contribution in [-0.2, 0) is 0 Å². The Kier molecular flexibility index (Phi) is 4.93. The summed E-state index contributed by atoms with van der Waals surface area (Å²) >= 11 is 2.03. The van der Waals surface area contributed by atoms with Gasteiger partial charge < -0.3 is 5.32 Å². The van der Waals surface area contributed by atoms with Gasteiger partial charge in [0.25, 0.3) is 0 Å². The zero-order chi connectivity index (χ0) is 12.1. The highest BCUT2D eigenvalue weighted by atomic mass is 32.2. The van der Waals surface area contributed by atoms with Crippen molar-refractivity contribution in [2.75, 3.05) is 12.8 Å². The molecule has 0 bridgehead atoms. The number of nitrogens with one attached hydrogen (secondary N) is 1. The molecule has 1 aliphatic rings. The molecule has 3 atom stereocenters. The molecule has 1 aromatic carbocycles. The molecule has 1 nitrogen and oxygen atoms in total. The van der Waals surface area contributed by atoms with Crippen molar-refractivity contribution < 1.29 is 0 Å². The molecule has 0 aliphatic heterocycles. The Morgan fingerprint density at radius 2 is 2.00 bits per heavy atom. The van der Waals surface area contributed by atoms with Gasteiger partial charge in [-0.1, -0.05) is 37.3 Å². The normalized spacial score (nSPS) is 29.2. The summed E-state index contributed by atoms with van der Waals surface area (Å²) in [5, 5.41) is 4.41. The smallest absolute Gasteiger partial charge is 0.0204 e. The van der Waals surface area contributed by atoms with E-state index in [0.29, 0.717) is 0 Å². The van der Waals surface area contributed by atoms with Gasteiger partial charge in [-0.2, -0.15) is 11.8 Å². The van der Waals surface area contributed by atoms with E-state index in [9.17, 15) is 0 Å². The molecule has 2 rings (SSSR count). The van der Waals surface area contributed by atoms with E-state index in [1.165, 1.54) is 24.8 Å². The summed E-state index contributed by atoms with van der Waals surface area (Å²) in [5.74, 6) is 0.767. The van der Waals surface area contributed by atoms with Gasteiger partial charge in [-0.25, -0.2) is 0 Å². The van der Waals surface area contributed by atoms with E-state index in [0.717, 1.165) is 23.8 Å². The van der Waals surface area contributed by atoms with Crippen LogP contribution < -0.4 is 5.32 Å². The first-order valence-corrected chi connectivity index (χ1v) is 7.95. The number of hydrogen-bond acceptors (Lipinski definition) is 2. The van der Waals surface area contributed by atoms with E-state index in [2.05, 4.69) is 48.8 Å². The summed E-state index contributed by atoms with van der Waals surface area (Å²) in [4.78, 5) is 0. The molecule has 0 heterocycles. The monoisotopic (exact) mass is 249 g/mol. The van der Waals surface area contributed by atoms with Crippen LogP contribution in [-0.4, -0.2) is 24.1 Å². The molecular weight excluding hydrogens is 226 g/mol. The van der Waals surface area contributed by atoms with Crippen LogP contribution in [0.25, 0.3) is 0 Å². The predicted molar refractivity (Wildman–Crippen MR) is 77.8 cm³/mol. The van der Waals surface area contributed by atoms with Crippen LogP contribution in [0.4, 0.5) is 0 Å². The fourth-order valence-corrected chi connectivity index (χ4v) is 3.90. The fraction of sp³-hybridized carbons (Fsp3) is 0.600. The summed E-state index contributed by atoms with van der Waals surface area (Å²) in [6, 6.07) is 11.7. The second-order valence-electron chi connectivity index (χ2n) is 4.86. The standard InChI is InChI=1S/C15H23NS/c1-3-16-14-10-9-13(11-15(14)17-2)12-7-5-4-6-8-12/h4-8,13-16H,3,9-11H2,1-2H3. The first-order valence-electron chi connectivity index (χ1n) is 6.66. The molecule has 1 fully saturated rings. The third kappa shape index (κ3) is 3.26. The van der Waals surface area contributed by atoms with Crippen molar-refractivity contribution in [2.45, 2.75) is 43.4 Å².